The van der Waals surface area contributed by atoms with Crippen LogP contribution in [0.1, 0.15) is 24.2 Å². The minimum atomic E-state index is -2.18. The van der Waals surface area contributed by atoms with Crippen LogP contribution in [0.25, 0.3) is 0 Å². The number of halogens is 1. The number of hydrogen-bond donors (Lipinski definition) is 0. The molecule has 1 atom stereocenters. The summed E-state index contributed by atoms with van der Waals surface area (Å²) >= 11 is 0. The van der Waals surface area contributed by atoms with Gasteiger partial charge in [0.05, 0.1) is 6.61 Å². The number of benzene rings is 1. The van der Waals surface area contributed by atoms with E-state index in [1.54, 1.807) is 19.1 Å². The molecule has 1 rings (SSSR count). The molecule has 1 unspecified atom stereocenters. The molecule has 0 bridgehead atoms. The van der Waals surface area contributed by atoms with Gasteiger partial charge in [0, 0.05) is 5.56 Å². The van der Waals surface area contributed by atoms with Crippen molar-refractivity contribution < 1.29 is 23.5 Å². The number of ketones is 1. The van der Waals surface area contributed by atoms with Gasteiger partial charge in [-0.15, -0.1) is 0 Å². The number of carbonyl (C=O) groups excluding carboxylic acids is 2. The van der Waals surface area contributed by atoms with E-state index in [4.69, 9.17) is 4.74 Å². The maximum atomic E-state index is 13.2. The quantitative estimate of drug-likeness (QED) is 0.584. The zero-order valence-corrected chi connectivity index (χ0v) is 9.60. The van der Waals surface area contributed by atoms with Gasteiger partial charge in [0.15, 0.2) is 5.78 Å². The summed E-state index contributed by atoms with van der Waals surface area (Å²) in [5.41, 5.74) is 0.388. The van der Waals surface area contributed by atoms with E-state index >= 15 is 0 Å². The van der Waals surface area contributed by atoms with Crippen molar-refractivity contribution in [3.8, 4) is 5.75 Å². The Balaban J connectivity index is 2.71. The van der Waals surface area contributed by atoms with Crippen LogP contribution in [-0.4, -0.2) is 24.7 Å². The number of ether oxygens (including phenoxy) is 2. The highest BCUT2D eigenvalue weighted by Crippen LogP contribution is 2.16. The van der Waals surface area contributed by atoms with Gasteiger partial charge in [-0.25, -0.2) is 4.79 Å². The van der Waals surface area contributed by atoms with E-state index in [-0.39, 0.29) is 18.1 Å². The van der Waals surface area contributed by atoms with Gasteiger partial charge in [0.25, 0.3) is 0 Å². The second-order valence-corrected chi connectivity index (χ2v) is 3.27. The predicted octanol–water partition coefficient (Wildman–Crippen LogP) is 2.13. The SMILES string of the molecule is CCOC(=O)C(F)Oc1cccc(C(C)=O)c1. The van der Waals surface area contributed by atoms with Gasteiger partial charge >= 0.3 is 12.3 Å². The van der Waals surface area contributed by atoms with Gasteiger partial charge in [0.2, 0.25) is 0 Å². The lowest BCUT2D eigenvalue weighted by molar-refractivity contribution is -0.159. The van der Waals surface area contributed by atoms with Gasteiger partial charge in [-0.3, -0.25) is 4.79 Å². The first-order valence-electron chi connectivity index (χ1n) is 5.13. The van der Waals surface area contributed by atoms with Crippen molar-refractivity contribution >= 4 is 11.8 Å². The fraction of sp³-hybridized carbons (Fsp3) is 0.333. The monoisotopic (exact) mass is 240 g/mol. The van der Waals surface area contributed by atoms with Crippen LogP contribution in [0, 0.1) is 0 Å². The summed E-state index contributed by atoms with van der Waals surface area (Å²) in [5.74, 6) is -1.14. The van der Waals surface area contributed by atoms with E-state index in [1.807, 2.05) is 0 Å². The Labute approximate surface area is 98.3 Å². The molecule has 0 aliphatic heterocycles. The molecule has 1 aromatic carbocycles. The zero-order valence-electron chi connectivity index (χ0n) is 9.60. The number of hydrogen-bond acceptors (Lipinski definition) is 4. The van der Waals surface area contributed by atoms with Crippen LogP contribution in [0.3, 0.4) is 0 Å². The van der Waals surface area contributed by atoms with E-state index in [9.17, 15) is 14.0 Å². The number of esters is 1. The molecular formula is C12H13FO4. The van der Waals surface area contributed by atoms with E-state index in [0.717, 1.165) is 0 Å². The lowest BCUT2D eigenvalue weighted by Gasteiger charge is -2.10. The third-order valence-electron chi connectivity index (χ3n) is 1.95. The summed E-state index contributed by atoms with van der Waals surface area (Å²) in [4.78, 5) is 22.1. The molecule has 0 spiro atoms. The fourth-order valence-corrected chi connectivity index (χ4v) is 1.16. The molecule has 0 heterocycles. The van der Waals surface area contributed by atoms with Crippen LogP contribution in [0.4, 0.5) is 4.39 Å². The molecular weight excluding hydrogens is 227 g/mol. The Morgan fingerprint density at radius 2 is 2.12 bits per heavy atom. The molecule has 4 nitrogen and oxygen atoms in total. The lowest BCUT2D eigenvalue weighted by Crippen LogP contribution is -2.24. The van der Waals surface area contributed by atoms with E-state index in [0.29, 0.717) is 5.56 Å². The highest BCUT2D eigenvalue weighted by molar-refractivity contribution is 5.94. The summed E-state index contributed by atoms with van der Waals surface area (Å²) in [6, 6.07) is 5.95. The second-order valence-electron chi connectivity index (χ2n) is 3.27. The van der Waals surface area contributed by atoms with Gasteiger partial charge in [0.1, 0.15) is 5.75 Å². The minimum Gasteiger partial charge on any atom is -0.461 e. The summed E-state index contributed by atoms with van der Waals surface area (Å²) < 4.78 is 22.4. The maximum absolute atomic E-state index is 13.2. The van der Waals surface area contributed by atoms with Gasteiger partial charge in [-0.05, 0) is 26.0 Å². The average molecular weight is 240 g/mol. The van der Waals surface area contributed by atoms with Crippen LogP contribution in [0.5, 0.6) is 5.75 Å². The van der Waals surface area contributed by atoms with Crippen LogP contribution in [0.2, 0.25) is 0 Å². The molecule has 1 aromatic rings. The largest absolute Gasteiger partial charge is 0.461 e. The molecule has 0 saturated carbocycles. The predicted molar refractivity (Wildman–Crippen MR) is 58.6 cm³/mol. The summed E-state index contributed by atoms with van der Waals surface area (Å²) in [7, 11) is 0. The first-order chi connectivity index (χ1) is 8.04. The van der Waals surface area contributed by atoms with Crippen molar-refractivity contribution in [2.45, 2.75) is 20.2 Å². The van der Waals surface area contributed by atoms with Crippen molar-refractivity contribution in [2.24, 2.45) is 0 Å². The van der Waals surface area contributed by atoms with Crippen molar-refractivity contribution in [1.82, 2.24) is 0 Å². The third-order valence-corrected chi connectivity index (χ3v) is 1.95. The standard InChI is InChI=1S/C12H13FO4/c1-3-16-12(15)11(13)17-10-6-4-5-9(7-10)8(2)14/h4-7,11H,3H2,1-2H3. The number of carbonyl (C=O) groups is 2. The molecule has 5 heteroatoms. The molecule has 0 saturated heterocycles. The molecule has 0 aliphatic rings. The number of Topliss-reactive ketones (excluding diaryl/α,β-unsaturated/α-hetero) is 1. The number of alkyl halides is 1. The van der Waals surface area contributed by atoms with Crippen molar-refractivity contribution in [2.75, 3.05) is 6.61 Å². The molecule has 0 fully saturated rings. The molecule has 92 valence electrons. The molecule has 17 heavy (non-hydrogen) atoms. The fourth-order valence-electron chi connectivity index (χ4n) is 1.16. The Kier molecular flexibility index (Phi) is 4.63. The highest BCUT2D eigenvalue weighted by Gasteiger charge is 2.20. The van der Waals surface area contributed by atoms with E-state index in [2.05, 4.69) is 4.74 Å². The second kappa shape index (κ2) is 5.98. The van der Waals surface area contributed by atoms with Crippen molar-refractivity contribution in [3.05, 3.63) is 29.8 Å². The number of rotatable bonds is 5. The molecule has 0 N–H and O–H groups in total. The van der Waals surface area contributed by atoms with Gasteiger partial charge < -0.3 is 9.47 Å². The third kappa shape index (κ3) is 3.86. The Morgan fingerprint density at radius 1 is 1.41 bits per heavy atom. The normalized spacial score (nSPS) is 11.7. The smallest absolute Gasteiger partial charge is 0.381 e. The van der Waals surface area contributed by atoms with Crippen LogP contribution in [-0.2, 0) is 9.53 Å². The minimum absolute atomic E-state index is 0.0795. The van der Waals surface area contributed by atoms with Crippen molar-refractivity contribution in [1.29, 1.82) is 0 Å². The highest BCUT2D eigenvalue weighted by atomic mass is 19.1. The Bertz CT molecular complexity index is 417. The Morgan fingerprint density at radius 3 is 2.71 bits per heavy atom. The lowest BCUT2D eigenvalue weighted by atomic mass is 10.1. The summed E-state index contributed by atoms with van der Waals surface area (Å²) in [6.45, 7) is 3.04. The van der Waals surface area contributed by atoms with E-state index < -0.39 is 12.3 Å². The van der Waals surface area contributed by atoms with Crippen LogP contribution >= 0.6 is 0 Å². The molecule has 0 amide bonds. The summed E-state index contributed by atoms with van der Waals surface area (Å²) in [6.07, 6.45) is -2.18. The average Bonchev–Trinajstić information content (AvgIpc) is 2.29. The van der Waals surface area contributed by atoms with Gasteiger partial charge in [-0.1, -0.05) is 12.1 Å². The molecule has 0 aliphatic carbocycles. The van der Waals surface area contributed by atoms with Gasteiger partial charge in [-0.2, -0.15) is 4.39 Å². The topological polar surface area (TPSA) is 52.6 Å². The Hall–Kier alpha value is -1.91. The first-order valence-corrected chi connectivity index (χ1v) is 5.13. The maximum Gasteiger partial charge on any atom is 0.381 e. The van der Waals surface area contributed by atoms with Crippen molar-refractivity contribution in [3.63, 3.8) is 0 Å². The molecule has 0 radical (unpaired) electrons. The van der Waals surface area contributed by atoms with E-state index in [1.165, 1.54) is 19.1 Å². The zero-order chi connectivity index (χ0) is 12.8. The van der Waals surface area contributed by atoms with Crippen LogP contribution in [0.15, 0.2) is 24.3 Å². The van der Waals surface area contributed by atoms with Crippen LogP contribution < -0.4 is 4.74 Å². The first kappa shape index (κ1) is 13.2. The summed E-state index contributed by atoms with van der Waals surface area (Å²) in [5, 5.41) is 0. The molecule has 0 aromatic heterocycles.